The largest absolute Gasteiger partial charge is 0.507 e. The van der Waals surface area contributed by atoms with Crippen molar-refractivity contribution in [3.05, 3.63) is 70.8 Å². The van der Waals surface area contributed by atoms with E-state index in [0.717, 1.165) is 11.1 Å². The van der Waals surface area contributed by atoms with Gasteiger partial charge in [-0.05, 0) is 36.2 Å². The monoisotopic (exact) mass is 381 g/mol. The van der Waals surface area contributed by atoms with Crippen molar-refractivity contribution in [2.45, 2.75) is 13.0 Å². The Hall–Kier alpha value is -3.12. The van der Waals surface area contributed by atoms with Crippen LogP contribution in [0.5, 0.6) is 5.75 Å². The van der Waals surface area contributed by atoms with Crippen LogP contribution < -0.4 is 4.74 Å². The number of carbonyl (C=O) groups excluding carboxylic acids is 2. The predicted molar refractivity (Wildman–Crippen MR) is 105 cm³/mol. The highest BCUT2D eigenvalue weighted by Crippen LogP contribution is 2.39. The number of aryl methyl sites for hydroxylation is 1. The lowest BCUT2D eigenvalue weighted by Gasteiger charge is -2.25. The van der Waals surface area contributed by atoms with Gasteiger partial charge in [0, 0.05) is 19.2 Å². The number of ketones is 1. The molecule has 6 heteroatoms. The maximum Gasteiger partial charge on any atom is 0.295 e. The Morgan fingerprint density at radius 2 is 1.82 bits per heavy atom. The molecule has 0 unspecified atom stereocenters. The van der Waals surface area contributed by atoms with E-state index in [2.05, 4.69) is 0 Å². The number of hydrogen-bond donors (Lipinski definition) is 1. The number of rotatable bonds is 6. The van der Waals surface area contributed by atoms with Crippen LogP contribution in [0.3, 0.4) is 0 Å². The molecule has 1 saturated heterocycles. The van der Waals surface area contributed by atoms with Crippen molar-refractivity contribution in [3.63, 3.8) is 0 Å². The van der Waals surface area contributed by atoms with E-state index in [1.807, 2.05) is 37.3 Å². The lowest BCUT2D eigenvalue weighted by atomic mass is 9.94. The van der Waals surface area contributed by atoms with Gasteiger partial charge in [-0.3, -0.25) is 9.59 Å². The van der Waals surface area contributed by atoms with Crippen LogP contribution in [0.2, 0.25) is 0 Å². The predicted octanol–water partition coefficient (Wildman–Crippen LogP) is 3.07. The van der Waals surface area contributed by atoms with Crippen molar-refractivity contribution in [1.29, 1.82) is 0 Å². The molecule has 1 fully saturated rings. The van der Waals surface area contributed by atoms with Crippen LogP contribution >= 0.6 is 0 Å². The van der Waals surface area contributed by atoms with E-state index in [9.17, 15) is 14.7 Å². The van der Waals surface area contributed by atoms with Crippen molar-refractivity contribution in [1.82, 2.24) is 4.90 Å². The van der Waals surface area contributed by atoms with E-state index in [4.69, 9.17) is 9.47 Å². The van der Waals surface area contributed by atoms with Gasteiger partial charge in [0.25, 0.3) is 11.7 Å². The minimum absolute atomic E-state index is 0.0839. The second-order valence-corrected chi connectivity index (χ2v) is 6.58. The molecule has 0 spiro atoms. The van der Waals surface area contributed by atoms with Gasteiger partial charge in [0.1, 0.15) is 11.5 Å². The van der Waals surface area contributed by atoms with E-state index >= 15 is 0 Å². The molecule has 0 aromatic heterocycles. The van der Waals surface area contributed by atoms with Gasteiger partial charge in [0.2, 0.25) is 0 Å². The maximum absolute atomic E-state index is 12.8. The molecular weight excluding hydrogens is 358 g/mol. The summed E-state index contributed by atoms with van der Waals surface area (Å²) in [6.45, 7) is 2.35. The molecule has 1 atom stereocenters. The second-order valence-electron chi connectivity index (χ2n) is 6.58. The number of aliphatic hydroxyl groups excluding tert-OH is 1. The minimum atomic E-state index is -0.697. The first kappa shape index (κ1) is 19.6. The van der Waals surface area contributed by atoms with E-state index in [1.54, 1.807) is 25.3 Å². The average molecular weight is 381 g/mol. The lowest BCUT2D eigenvalue weighted by Crippen LogP contribution is -2.32. The highest BCUT2D eigenvalue weighted by atomic mass is 16.5. The first-order valence-corrected chi connectivity index (χ1v) is 8.97. The van der Waals surface area contributed by atoms with E-state index in [-0.39, 0.29) is 24.5 Å². The molecule has 1 aliphatic heterocycles. The zero-order chi connectivity index (χ0) is 20.3. The third-order valence-corrected chi connectivity index (χ3v) is 4.88. The van der Waals surface area contributed by atoms with Crippen molar-refractivity contribution < 1.29 is 24.2 Å². The maximum atomic E-state index is 12.8. The first-order chi connectivity index (χ1) is 13.5. The Morgan fingerprint density at radius 1 is 1.11 bits per heavy atom. The fraction of sp³-hybridized carbons (Fsp3) is 0.273. The topological polar surface area (TPSA) is 76.1 Å². The van der Waals surface area contributed by atoms with Gasteiger partial charge < -0.3 is 19.5 Å². The summed E-state index contributed by atoms with van der Waals surface area (Å²) >= 11 is 0. The number of Topliss-reactive ketones (excluding diaryl/α,β-unsaturated/α-hetero) is 1. The summed E-state index contributed by atoms with van der Waals surface area (Å²) in [5.74, 6) is -0.877. The summed E-state index contributed by atoms with van der Waals surface area (Å²) in [6, 6.07) is 13.7. The van der Waals surface area contributed by atoms with E-state index in [0.29, 0.717) is 11.3 Å². The molecule has 1 N–H and O–H groups in total. The third kappa shape index (κ3) is 3.51. The second kappa shape index (κ2) is 8.27. The summed E-state index contributed by atoms with van der Waals surface area (Å²) in [7, 11) is 3.10. The van der Waals surface area contributed by atoms with Crippen LogP contribution in [-0.2, 0) is 14.3 Å². The molecule has 0 saturated carbocycles. The number of carbonyl (C=O) groups is 2. The molecule has 0 aliphatic carbocycles. The number of hydrogen-bond acceptors (Lipinski definition) is 5. The molecule has 1 amide bonds. The smallest absolute Gasteiger partial charge is 0.295 e. The number of aliphatic hydroxyl groups is 1. The first-order valence-electron chi connectivity index (χ1n) is 8.97. The summed E-state index contributed by atoms with van der Waals surface area (Å²) in [6.07, 6.45) is 0. The normalized spacial score (nSPS) is 18.5. The summed E-state index contributed by atoms with van der Waals surface area (Å²) in [5, 5.41) is 11.0. The summed E-state index contributed by atoms with van der Waals surface area (Å²) < 4.78 is 10.3. The van der Waals surface area contributed by atoms with Crippen molar-refractivity contribution in [3.8, 4) is 5.75 Å². The van der Waals surface area contributed by atoms with Gasteiger partial charge in [0.05, 0.1) is 25.3 Å². The molecule has 3 rings (SSSR count). The van der Waals surface area contributed by atoms with E-state index in [1.165, 1.54) is 12.0 Å². The molecule has 2 aromatic rings. The van der Waals surface area contributed by atoms with Crippen LogP contribution in [0.4, 0.5) is 0 Å². The molecule has 0 radical (unpaired) electrons. The Morgan fingerprint density at radius 3 is 2.43 bits per heavy atom. The Balaban J connectivity index is 2.16. The highest BCUT2D eigenvalue weighted by Gasteiger charge is 2.45. The Bertz CT molecular complexity index is 920. The van der Waals surface area contributed by atoms with Gasteiger partial charge in [-0.1, -0.05) is 30.3 Å². The van der Waals surface area contributed by atoms with Gasteiger partial charge in [-0.2, -0.15) is 0 Å². The zero-order valence-electron chi connectivity index (χ0n) is 16.1. The zero-order valence-corrected chi connectivity index (χ0v) is 16.1. The van der Waals surface area contributed by atoms with Gasteiger partial charge >= 0.3 is 0 Å². The molecule has 2 aromatic carbocycles. The third-order valence-electron chi connectivity index (χ3n) is 4.88. The quantitative estimate of drug-likeness (QED) is 0.473. The van der Waals surface area contributed by atoms with Crippen LogP contribution in [0, 0.1) is 6.92 Å². The number of likely N-dealkylation sites (tertiary alicyclic amines) is 1. The van der Waals surface area contributed by atoms with Crippen molar-refractivity contribution >= 4 is 17.4 Å². The fourth-order valence-electron chi connectivity index (χ4n) is 3.46. The molecular formula is C22H23NO5. The average Bonchev–Trinajstić information content (AvgIpc) is 2.97. The number of benzene rings is 2. The van der Waals surface area contributed by atoms with Crippen LogP contribution in [0.15, 0.2) is 54.1 Å². The standard InChI is InChI=1S/C22H23NO5/c1-14-13-16(28-3)9-10-17(14)20(24)18-19(15-7-5-4-6-8-15)23(11-12-27-2)22(26)21(18)25/h4-10,13,19,24H,11-12H2,1-3H3/t19-/m1/s1. The van der Waals surface area contributed by atoms with Crippen LogP contribution in [0.25, 0.3) is 5.76 Å². The lowest BCUT2D eigenvalue weighted by molar-refractivity contribution is -0.140. The number of methoxy groups -OCH3 is 2. The fourth-order valence-corrected chi connectivity index (χ4v) is 3.46. The van der Waals surface area contributed by atoms with Gasteiger partial charge in [-0.15, -0.1) is 0 Å². The molecule has 6 nitrogen and oxygen atoms in total. The highest BCUT2D eigenvalue weighted by molar-refractivity contribution is 6.46. The van der Waals surface area contributed by atoms with Gasteiger partial charge in [-0.25, -0.2) is 0 Å². The number of nitrogens with zero attached hydrogens (tertiary/aromatic N) is 1. The van der Waals surface area contributed by atoms with Crippen molar-refractivity contribution in [2.24, 2.45) is 0 Å². The molecule has 0 bridgehead atoms. The molecule has 146 valence electrons. The number of amides is 1. The minimum Gasteiger partial charge on any atom is -0.507 e. The van der Waals surface area contributed by atoms with Crippen LogP contribution in [0.1, 0.15) is 22.7 Å². The molecule has 1 aliphatic rings. The van der Waals surface area contributed by atoms with Gasteiger partial charge in [0.15, 0.2) is 0 Å². The molecule has 1 heterocycles. The van der Waals surface area contributed by atoms with E-state index < -0.39 is 17.7 Å². The number of ether oxygens (including phenoxy) is 2. The summed E-state index contributed by atoms with van der Waals surface area (Å²) in [5.41, 5.74) is 2.07. The Labute approximate surface area is 164 Å². The van der Waals surface area contributed by atoms with Crippen LogP contribution in [-0.4, -0.2) is 49.1 Å². The van der Waals surface area contributed by atoms with Crippen molar-refractivity contribution in [2.75, 3.05) is 27.4 Å². The molecule has 28 heavy (non-hydrogen) atoms. The Kier molecular flexibility index (Phi) is 5.80. The summed E-state index contributed by atoms with van der Waals surface area (Å²) in [4.78, 5) is 27.0. The SMILES string of the molecule is COCCN1C(=O)C(=O)C(=C(O)c2ccc(OC)cc2C)[C@H]1c1ccccc1.